The quantitative estimate of drug-likeness (QED) is 0.579. The number of ether oxygens (including phenoxy) is 1. The van der Waals surface area contributed by atoms with Gasteiger partial charge >= 0.3 is 12.1 Å². The van der Waals surface area contributed by atoms with Gasteiger partial charge in [0.15, 0.2) is 0 Å². The van der Waals surface area contributed by atoms with Crippen LogP contribution in [0, 0.1) is 17.8 Å². The zero-order chi connectivity index (χ0) is 23.7. The predicted octanol–water partition coefficient (Wildman–Crippen LogP) is 3.92. The maximum absolute atomic E-state index is 12.6. The molecule has 2 fully saturated rings. The van der Waals surface area contributed by atoms with E-state index >= 15 is 0 Å². The molecule has 7 heteroatoms. The molecular weight excluding hydrogens is 432 g/mol. The van der Waals surface area contributed by atoms with Crippen molar-refractivity contribution in [2.24, 2.45) is 17.8 Å². The maximum Gasteiger partial charge on any atom is 0.407 e. The molecule has 0 bridgehead atoms. The van der Waals surface area contributed by atoms with Gasteiger partial charge in [0, 0.05) is 24.4 Å². The summed E-state index contributed by atoms with van der Waals surface area (Å²) in [6, 6.07) is 16.4. The number of amides is 2. The van der Waals surface area contributed by atoms with Crippen LogP contribution in [0.5, 0.6) is 0 Å². The van der Waals surface area contributed by atoms with Crippen LogP contribution in [-0.2, 0) is 14.3 Å². The second kappa shape index (κ2) is 9.49. The fourth-order valence-corrected chi connectivity index (χ4v) is 5.52. The Hall–Kier alpha value is -3.35. The molecule has 0 aromatic heterocycles. The van der Waals surface area contributed by atoms with E-state index in [-0.39, 0.29) is 42.2 Å². The van der Waals surface area contributed by atoms with Crippen molar-refractivity contribution in [2.45, 2.75) is 44.1 Å². The van der Waals surface area contributed by atoms with Crippen molar-refractivity contribution in [1.82, 2.24) is 10.6 Å². The number of benzene rings is 2. The number of aliphatic carboxylic acids is 1. The van der Waals surface area contributed by atoms with Crippen LogP contribution in [0.3, 0.4) is 0 Å². The fraction of sp³-hybridized carbons (Fsp3) is 0.444. The average Bonchev–Trinajstić information content (AvgIpc) is 3.57. The molecule has 0 aliphatic heterocycles. The van der Waals surface area contributed by atoms with Crippen LogP contribution in [0.4, 0.5) is 4.79 Å². The van der Waals surface area contributed by atoms with Crippen molar-refractivity contribution in [3.63, 3.8) is 0 Å². The van der Waals surface area contributed by atoms with E-state index in [1.807, 2.05) is 24.3 Å². The van der Waals surface area contributed by atoms with Gasteiger partial charge in [0.25, 0.3) is 0 Å². The SMILES string of the molecule is O=C(N[C@@H]1CCC[C@H](C(=O)NCC2CC2C(=O)O)C1)OCC1c2ccccc2-c2ccccc21. The minimum Gasteiger partial charge on any atom is -0.481 e. The Bertz CT molecular complexity index is 1050. The summed E-state index contributed by atoms with van der Waals surface area (Å²) in [4.78, 5) is 36.1. The zero-order valence-electron chi connectivity index (χ0n) is 19.0. The summed E-state index contributed by atoms with van der Waals surface area (Å²) in [5.41, 5.74) is 4.72. The molecule has 4 atom stereocenters. The molecule has 2 amide bonds. The maximum atomic E-state index is 12.6. The molecule has 2 saturated carbocycles. The summed E-state index contributed by atoms with van der Waals surface area (Å²) in [5, 5.41) is 14.9. The lowest BCUT2D eigenvalue weighted by atomic mass is 9.85. The topological polar surface area (TPSA) is 105 Å². The van der Waals surface area contributed by atoms with E-state index in [1.54, 1.807) is 0 Å². The number of carbonyl (C=O) groups excluding carboxylic acids is 2. The Kier molecular flexibility index (Phi) is 6.26. The van der Waals surface area contributed by atoms with Crippen LogP contribution in [0.1, 0.15) is 49.1 Å². The molecule has 3 aliphatic rings. The highest BCUT2D eigenvalue weighted by atomic mass is 16.5. The van der Waals surface area contributed by atoms with E-state index in [0.29, 0.717) is 19.4 Å². The Labute approximate surface area is 198 Å². The summed E-state index contributed by atoms with van der Waals surface area (Å²) in [5.74, 6) is -1.27. The van der Waals surface area contributed by atoms with Crippen molar-refractivity contribution in [3.8, 4) is 11.1 Å². The van der Waals surface area contributed by atoms with Crippen LogP contribution >= 0.6 is 0 Å². The number of hydrogen-bond donors (Lipinski definition) is 3. The van der Waals surface area contributed by atoms with Gasteiger partial charge in [0.1, 0.15) is 6.61 Å². The van der Waals surface area contributed by atoms with E-state index < -0.39 is 12.1 Å². The van der Waals surface area contributed by atoms with Gasteiger partial charge < -0.3 is 20.5 Å². The zero-order valence-corrected chi connectivity index (χ0v) is 19.0. The third kappa shape index (κ3) is 4.65. The van der Waals surface area contributed by atoms with Gasteiger partial charge in [-0.3, -0.25) is 9.59 Å². The van der Waals surface area contributed by atoms with Crippen LogP contribution in [0.15, 0.2) is 48.5 Å². The van der Waals surface area contributed by atoms with Crippen LogP contribution in [-0.4, -0.2) is 42.3 Å². The molecule has 178 valence electrons. The fourth-order valence-electron chi connectivity index (χ4n) is 5.52. The van der Waals surface area contributed by atoms with Gasteiger partial charge in [-0.25, -0.2) is 4.79 Å². The number of carboxylic acid groups (broad SMARTS) is 1. The second-order valence-electron chi connectivity index (χ2n) is 9.72. The molecule has 34 heavy (non-hydrogen) atoms. The second-order valence-corrected chi connectivity index (χ2v) is 9.72. The van der Waals surface area contributed by atoms with Crippen molar-refractivity contribution in [3.05, 3.63) is 59.7 Å². The summed E-state index contributed by atoms with van der Waals surface area (Å²) >= 11 is 0. The lowest BCUT2D eigenvalue weighted by molar-refractivity contribution is -0.139. The third-order valence-electron chi connectivity index (χ3n) is 7.49. The van der Waals surface area contributed by atoms with Crippen molar-refractivity contribution < 1.29 is 24.2 Å². The average molecular weight is 463 g/mol. The highest BCUT2D eigenvalue weighted by Gasteiger charge is 2.43. The molecule has 3 aliphatic carbocycles. The highest BCUT2D eigenvalue weighted by Crippen LogP contribution is 2.44. The van der Waals surface area contributed by atoms with Crippen molar-refractivity contribution >= 4 is 18.0 Å². The largest absolute Gasteiger partial charge is 0.481 e. The predicted molar refractivity (Wildman–Crippen MR) is 126 cm³/mol. The molecule has 2 unspecified atom stereocenters. The van der Waals surface area contributed by atoms with Crippen LogP contribution in [0.25, 0.3) is 11.1 Å². The van der Waals surface area contributed by atoms with Gasteiger partial charge in [0.2, 0.25) is 5.91 Å². The minimum absolute atomic E-state index is 0.0140. The summed E-state index contributed by atoms with van der Waals surface area (Å²) in [6.07, 6.45) is 3.21. The first kappa shape index (κ1) is 22.4. The van der Waals surface area contributed by atoms with Gasteiger partial charge in [-0.1, -0.05) is 55.0 Å². The Balaban J connectivity index is 1.11. The number of hydrogen-bond acceptors (Lipinski definition) is 4. The Morgan fingerprint density at radius 3 is 2.26 bits per heavy atom. The Morgan fingerprint density at radius 1 is 0.941 bits per heavy atom. The molecule has 3 N–H and O–H groups in total. The number of alkyl carbamates (subject to hydrolysis) is 1. The lowest BCUT2D eigenvalue weighted by Gasteiger charge is -2.29. The van der Waals surface area contributed by atoms with E-state index in [1.165, 1.54) is 22.3 Å². The van der Waals surface area contributed by atoms with Crippen molar-refractivity contribution in [1.29, 1.82) is 0 Å². The van der Waals surface area contributed by atoms with Crippen LogP contribution < -0.4 is 10.6 Å². The van der Waals surface area contributed by atoms with Gasteiger partial charge in [0.05, 0.1) is 5.92 Å². The molecule has 5 rings (SSSR count). The first-order valence-corrected chi connectivity index (χ1v) is 12.1. The Morgan fingerprint density at radius 2 is 1.62 bits per heavy atom. The van der Waals surface area contributed by atoms with E-state index in [9.17, 15) is 14.4 Å². The normalized spacial score (nSPS) is 25.1. The summed E-state index contributed by atoms with van der Waals surface area (Å²) in [6.45, 7) is 0.680. The number of carboxylic acids is 1. The smallest absolute Gasteiger partial charge is 0.407 e. The monoisotopic (exact) mass is 462 g/mol. The van der Waals surface area contributed by atoms with E-state index in [0.717, 1.165) is 19.3 Å². The number of rotatable bonds is 7. The minimum atomic E-state index is -0.788. The summed E-state index contributed by atoms with van der Waals surface area (Å²) in [7, 11) is 0. The molecule has 0 saturated heterocycles. The van der Waals surface area contributed by atoms with Gasteiger partial charge in [-0.05, 0) is 53.9 Å². The standard InChI is InChI=1S/C27H30N2O5/c30-25(28-14-17-13-23(17)26(31)32)16-6-5-7-18(12-16)29-27(33)34-15-24-21-10-3-1-8-19(21)20-9-2-4-11-22(20)24/h1-4,8-11,16-18,23-24H,5-7,12-15H2,(H,28,30)(H,29,33)(H,31,32)/t16-,17?,18+,23?/m0/s1. The number of fused-ring (bicyclic) bond motifs is 3. The molecule has 7 nitrogen and oxygen atoms in total. The van der Waals surface area contributed by atoms with Crippen LogP contribution in [0.2, 0.25) is 0 Å². The molecule has 0 radical (unpaired) electrons. The van der Waals surface area contributed by atoms with Gasteiger partial charge in [-0.2, -0.15) is 0 Å². The summed E-state index contributed by atoms with van der Waals surface area (Å²) < 4.78 is 5.65. The van der Waals surface area contributed by atoms with E-state index in [2.05, 4.69) is 34.9 Å². The van der Waals surface area contributed by atoms with Crippen molar-refractivity contribution in [2.75, 3.05) is 13.2 Å². The molecule has 0 heterocycles. The highest BCUT2D eigenvalue weighted by molar-refractivity contribution is 5.80. The first-order chi connectivity index (χ1) is 16.5. The number of carbonyl (C=O) groups is 3. The van der Waals surface area contributed by atoms with Gasteiger partial charge in [-0.15, -0.1) is 0 Å². The lowest BCUT2D eigenvalue weighted by Crippen LogP contribution is -2.43. The molecular formula is C27H30N2O5. The van der Waals surface area contributed by atoms with E-state index in [4.69, 9.17) is 9.84 Å². The first-order valence-electron chi connectivity index (χ1n) is 12.1. The third-order valence-corrected chi connectivity index (χ3v) is 7.49. The molecule has 2 aromatic rings. The number of nitrogens with one attached hydrogen (secondary N) is 2. The molecule has 2 aromatic carbocycles. The molecule has 0 spiro atoms.